The van der Waals surface area contributed by atoms with Crippen molar-refractivity contribution in [3.8, 4) is 0 Å². The van der Waals surface area contributed by atoms with Crippen molar-refractivity contribution in [2.75, 3.05) is 13.2 Å². The number of Topliss-reactive ketones (excluding diaryl/α,β-unsaturated/α-hetero) is 1. The summed E-state index contributed by atoms with van der Waals surface area (Å²) in [4.78, 5) is 40.6. The van der Waals surface area contributed by atoms with Gasteiger partial charge in [-0.3, -0.25) is 9.59 Å². The average molecular weight is 478 g/mol. The first-order valence-electron chi connectivity index (χ1n) is 12.2. The van der Waals surface area contributed by atoms with Gasteiger partial charge < -0.3 is 19.2 Å². The zero-order chi connectivity index (χ0) is 24.9. The van der Waals surface area contributed by atoms with Crippen LogP contribution in [0.5, 0.6) is 0 Å². The molecule has 0 saturated carbocycles. The van der Waals surface area contributed by atoms with Gasteiger partial charge in [-0.15, -0.1) is 0 Å². The quantitative estimate of drug-likeness (QED) is 0.651. The maximum Gasteiger partial charge on any atom is 0.336 e. The fourth-order valence-corrected chi connectivity index (χ4v) is 5.50. The molecule has 3 heterocycles. The van der Waals surface area contributed by atoms with Gasteiger partial charge in [0.05, 0.1) is 29.2 Å². The standard InChI is InChI=1S/C28H31NO6/c1-15-7-8-22-18(10-15)26(31)19(14-34-22)24-23(27(32)35-13-17-6-5-9-33-17)16(2)29-20-11-28(3,4)12-21(30)25(20)24/h7-8,10,14,17,24,29H,5-6,9,11-13H2,1-4H3/t17-,24-/m0/s1. The smallest absolute Gasteiger partial charge is 0.336 e. The first kappa shape index (κ1) is 23.5. The molecule has 1 aliphatic carbocycles. The van der Waals surface area contributed by atoms with Gasteiger partial charge >= 0.3 is 5.97 Å². The Morgan fingerprint density at radius 2 is 2.00 bits per heavy atom. The molecule has 3 aliphatic rings. The maximum absolute atomic E-state index is 13.7. The first-order chi connectivity index (χ1) is 16.6. The van der Waals surface area contributed by atoms with E-state index in [4.69, 9.17) is 13.9 Å². The number of hydrogen-bond donors (Lipinski definition) is 1. The van der Waals surface area contributed by atoms with Gasteiger partial charge in [0.2, 0.25) is 0 Å². The normalized spacial score (nSPS) is 23.9. The number of fused-ring (bicyclic) bond motifs is 1. The molecular formula is C28H31NO6. The topological polar surface area (TPSA) is 94.8 Å². The molecule has 0 spiro atoms. The lowest BCUT2D eigenvalue weighted by Gasteiger charge is -2.39. The molecule has 184 valence electrons. The molecule has 35 heavy (non-hydrogen) atoms. The van der Waals surface area contributed by atoms with Crippen LogP contribution in [-0.4, -0.2) is 31.1 Å². The van der Waals surface area contributed by atoms with Crippen LogP contribution in [0.1, 0.15) is 63.5 Å². The van der Waals surface area contributed by atoms with E-state index in [1.165, 1.54) is 6.26 Å². The number of nitrogens with one attached hydrogen (secondary N) is 1. The molecule has 2 aromatic rings. The number of aryl methyl sites for hydroxylation is 1. The Kier molecular flexibility index (Phi) is 5.91. The van der Waals surface area contributed by atoms with Crippen LogP contribution in [0.3, 0.4) is 0 Å². The van der Waals surface area contributed by atoms with Gasteiger partial charge in [0, 0.05) is 35.6 Å². The summed E-state index contributed by atoms with van der Waals surface area (Å²) in [6.07, 6.45) is 4.01. The van der Waals surface area contributed by atoms with E-state index < -0.39 is 11.9 Å². The molecule has 7 heteroatoms. The van der Waals surface area contributed by atoms with Crippen LogP contribution in [0.25, 0.3) is 11.0 Å². The Balaban J connectivity index is 1.63. The number of allylic oxidation sites excluding steroid dienone is 3. The van der Waals surface area contributed by atoms with Crippen LogP contribution in [0.4, 0.5) is 0 Å². The van der Waals surface area contributed by atoms with Crippen molar-refractivity contribution >= 4 is 22.7 Å². The summed E-state index contributed by atoms with van der Waals surface area (Å²) in [7, 11) is 0. The highest BCUT2D eigenvalue weighted by atomic mass is 16.6. The largest absolute Gasteiger partial charge is 0.464 e. The molecule has 0 unspecified atom stereocenters. The van der Waals surface area contributed by atoms with E-state index in [0.29, 0.717) is 41.7 Å². The monoisotopic (exact) mass is 477 g/mol. The predicted octanol–water partition coefficient (Wildman–Crippen LogP) is 4.43. The van der Waals surface area contributed by atoms with E-state index >= 15 is 0 Å². The van der Waals surface area contributed by atoms with Gasteiger partial charge in [0.25, 0.3) is 0 Å². The molecule has 1 aromatic heterocycles. The van der Waals surface area contributed by atoms with Gasteiger partial charge in [-0.05, 0) is 50.7 Å². The lowest BCUT2D eigenvalue weighted by atomic mass is 9.68. The van der Waals surface area contributed by atoms with Crippen molar-refractivity contribution in [1.29, 1.82) is 0 Å². The van der Waals surface area contributed by atoms with E-state index in [1.54, 1.807) is 19.1 Å². The molecule has 1 aromatic carbocycles. The number of ketones is 1. The minimum atomic E-state index is -0.854. The Morgan fingerprint density at radius 1 is 1.20 bits per heavy atom. The fourth-order valence-electron chi connectivity index (χ4n) is 5.50. The molecule has 5 rings (SSSR count). The molecule has 0 amide bonds. The highest BCUT2D eigenvalue weighted by Gasteiger charge is 2.44. The summed E-state index contributed by atoms with van der Waals surface area (Å²) in [5.41, 5.74) is 3.26. The van der Waals surface area contributed by atoms with Crippen LogP contribution in [-0.2, 0) is 19.1 Å². The number of carbonyl (C=O) groups excluding carboxylic acids is 2. The Bertz CT molecular complexity index is 1340. The van der Waals surface area contributed by atoms with Gasteiger partial charge in [-0.25, -0.2) is 4.79 Å². The van der Waals surface area contributed by atoms with E-state index in [-0.39, 0.29) is 40.5 Å². The Hall–Kier alpha value is -3.19. The second-order valence-corrected chi connectivity index (χ2v) is 10.7. The van der Waals surface area contributed by atoms with Gasteiger partial charge in [0.1, 0.15) is 12.2 Å². The van der Waals surface area contributed by atoms with Crippen LogP contribution in [0.15, 0.2) is 56.2 Å². The fraction of sp³-hybridized carbons (Fsp3) is 0.464. The zero-order valence-corrected chi connectivity index (χ0v) is 20.7. The number of dihydropyridines is 1. The van der Waals surface area contributed by atoms with Crippen molar-refractivity contribution in [2.24, 2.45) is 5.41 Å². The van der Waals surface area contributed by atoms with Crippen molar-refractivity contribution < 1.29 is 23.5 Å². The molecule has 0 bridgehead atoms. The highest BCUT2D eigenvalue weighted by Crippen LogP contribution is 2.46. The molecular weight excluding hydrogens is 446 g/mol. The van der Waals surface area contributed by atoms with Crippen molar-refractivity contribution in [3.63, 3.8) is 0 Å². The summed E-state index contributed by atoms with van der Waals surface area (Å²) in [5, 5.41) is 3.73. The van der Waals surface area contributed by atoms with Crippen molar-refractivity contribution in [1.82, 2.24) is 5.32 Å². The molecule has 1 N–H and O–H groups in total. The third-order valence-electron chi connectivity index (χ3n) is 7.15. The molecule has 1 saturated heterocycles. The second-order valence-electron chi connectivity index (χ2n) is 10.7. The highest BCUT2D eigenvalue weighted by molar-refractivity contribution is 6.04. The second kappa shape index (κ2) is 8.79. The average Bonchev–Trinajstić information content (AvgIpc) is 3.30. The SMILES string of the molecule is CC1=C(C(=O)OC[C@@H]2CCCO2)[C@H](c2coc3ccc(C)cc3c2=O)C2=C(CC(C)(C)CC2=O)N1. The molecule has 2 aliphatic heterocycles. The molecule has 1 fully saturated rings. The van der Waals surface area contributed by atoms with Crippen LogP contribution >= 0.6 is 0 Å². The number of rotatable bonds is 4. The molecule has 2 atom stereocenters. The van der Waals surface area contributed by atoms with Gasteiger partial charge in [-0.2, -0.15) is 0 Å². The third-order valence-corrected chi connectivity index (χ3v) is 7.15. The number of esters is 1. The minimum absolute atomic E-state index is 0.0746. The predicted molar refractivity (Wildman–Crippen MR) is 131 cm³/mol. The summed E-state index contributed by atoms with van der Waals surface area (Å²) in [6, 6.07) is 5.41. The van der Waals surface area contributed by atoms with Gasteiger partial charge in [0.15, 0.2) is 11.2 Å². The maximum atomic E-state index is 13.7. The number of benzene rings is 1. The number of carbonyl (C=O) groups is 2. The Morgan fingerprint density at radius 3 is 2.74 bits per heavy atom. The minimum Gasteiger partial charge on any atom is -0.464 e. The first-order valence-corrected chi connectivity index (χ1v) is 12.2. The summed E-state index contributed by atoms with van der Waals surface area (Å²) in [6.45, 7) is 8.58. The number of hydrogen-bond acceptors (Lipinski definition) is 7. The summed E-state index contributed by atoms with van der Waals surface area (Å²) in [5.74, 6) is -1.48. The van der Waals surface area contributed by atoms with Crippen molar-refractivity contribution in [3.05, 3.63) is 68.4 Å². The lowest BCUT2D eigenvalue weighted by Crippen LogP contribution is -2.40. The molecule has 7 nitrogen and oxygen atoms in total. The summed E-state index contributed by atoms with van der Waals surface area (Å²) < 4.78 is 17.1. The van der Waals surface area contributed by atoms with E-state index in [2.05, 4.69) is 5.32 Å². The Labute approximate surface area is 204 Å². The number of ether oxygens (including phenoxy) is 2. The third kappa shape index (κ3) is 4.33. The van der Waals surface area contributed by atoms with Crippen LogP contribution in [0, 0.1) is 12.3 Å². The zero-order valence-electron chi connectivity index (χ0n) is 20.7. The molecule has 0 radical (unpaired) electrons. The lowest BCUT2D eigenvalue weighted by molar-refractivity contribution is -0.142. The van der Waals surface area contributed by atoms with E-state index in [0.717, 1.165) is 24.1 Å². The van der Waals surface area contributed by atoms with Gasteiger partial charge in [-0.1, -0.05) is 25.5 Å². The van der Waals surface area contributed by atoms with E-state index in [1.807, 2.05) is 26.8 Å². The van der Waals surface area contributed by atoms with Crippen LogP contribution < -0.4 is 10.7 Å². The van der Waals surface area contributed by atoms with E-state index in [9.17, 15) is 14.4 Å². The van der Waals surface area contributed by atoms with Crippen molar-refractivity contribution in [2.45, 2.75) is 65.4 Å². The van der Waals surface area contributed by atoms with Crippen LogP contribution in [0.2, 0.25) is 0 Å². The summed E-state index contributed by atoms with van der Waals surface area (Å²) >= 11 is 0.